The van der Waals surface area contributed by atoms with Gasteiger partial charge in [-0.3, -0.25) is 0 Å². The SMILES string of the molecule is Cc1ccc(N2CCCNC(CCO)C2)c(C)c1. The number of aryl methyl sites for hydroxylation is 2. The third-order valence-electron chi connectivity index (χ3n) is 3.65. The minimum absolute atomic E-state index is 0.262. The first-order valence-corrected chi connectivity index (χ1v) is 6.87. The normalized spacial score (nSPS) is 20.8. The van der Waals surface area contributed by atoms with Gasteiger partial charge in [-0.25, -0.2) is 0 Å². The number of aliphatic hydroxyl groups is 1. The minimum Gasteiger partial charge on any atom is -0.396 e. The molecule has 0 saturated carbocycles. The Hall–Kier alpha value is -1.06. The van der Waals surface area contributed by atoms with E-state index in [9.17, 15) is 0 Å². The Balaban J connectivity index is 2.14. The zero-order chi connectivity index (χ0) is 13.0. The van der Waals surface area contributed by atoms with Crippen LogP contribution in [0.25, 0.3) is 0 Å². The number of nitrogens with zero attached hydrogens (tertiary/aromatic N) is 1. The first-order valence-electron chi connectivity index (χ1n) is 6.87. The number of hydrogen-bond donors (Lipinski definition) is 2. The molecule has 3 heteroatoms. The van der Waals surface area contributed by atoms with Crippen molar-refractivity contribution in [2.24, 2.45) is 0 Å². The zero-order valence-electron chi connectivity index (χ0n) is 11.4. The maximum absolute atomic E-state index is 9.10. The molecule has 1 unspecified atom stereocenters. The van der Waals surface area contributed by atoms with Crippen LogP contribution >= 0.6 is 0 Å². The molecule has 2 N–H and O–H groups in total. The van der Waals surface area contributed by atoms with Crippen molar-refractivity contribution in [3.05, 3.63) is 29.3 Å². The third kappa shape index (κ3) is 3.24. The van der Waals surface area contributed by atoms with Crippen LogP contribution in [0.15, 0.2) is 18.2 Å². The van der Waals surface area contributed by atoms with Crippen molar-refractivity contribution in [2.45, 2.75) is 32.7 Å². The van der Waals surface area contributed by atoms with Crippen LogP contribution in [-0.4, -0.2) is 37.4 Å². The maximum Gasteiger partial charge on any atom is 0.0446 e. The Bertz CT molecular complexity index is 392. The van der Waals surface area contributed by atoms with Gasteiger partial charge in [-0.05, 0) is 44.9 Å². The number of rotatable bonds is 3. The average Bonchev–Trinajstić information content (AvgIpc) is 2.55. The number of benzene rings is 1. The fourth-order valence-electron chi connectivity index (χ4n) is 2.73. The fraction of sp³-hybridized carbons (Fsp3) is 0.600. The van der Waals surface area contributed by atoms with Crippen molar-refractivity contribution in [3.8, 4) is 0 Å². The van der Waals surface area contributed by atoms with Crippen LogP contribution in [0.5, 0.6) is 0 Å². The minimum atomic E-state index is 0.262. The lowest BCUT2D eigenvalue weighted by Gasteiger charge is -2.28. The highest BCUT2D eigenvalue weighted by atomic mass is 16.3. The van der Waals surface area contributed by atoms with Crippen molar-refractivity contribution in [3.63, 3.8) is 0 Å². The van der Waals surface area contributed by atoms with E-state index >= 15 is 0 Å². The summed E-state index contributed by atoms with van der Waals surface area (Å²) in [6.45, 7) is 7.71. The Morgan fingerprint density at radius 2 is 2.22 bits per heavy atom. The van der Waals surface area contributed by atoms with Gasteiger partial charge in [-0.2, -0.15) is 0 Å². The van der Waals surface area contributed by atoms with E-state index in [1.54, 1.807) is 0 Å². The van der Waals surface area contributed by atoms with E-state index in [2.05, 4.69) is 42.3 Å². The molecule has 2 rings (SSSR count). The lowest BCUT2D eigenvalue weighted by Crippen LogP contribution is -2.38. The molecule has 0 bridgehead atoms. The topological polar surface area (TPSA) is 35.5 Å². The average molecular weight is 248 g/mol. The molecule has 0 radical (unpaired) electrons. The predicted molar refractivity (Wildman–Crippen MR) is 76.2 cm³/mol. The summed E-state index contributed by atoms with van der Waals surface area (Å²) in [6.07, 6.45) is 2.00. The summed E-state index contributed by atoms with van der Waals surface area (Å²) in [4.78, 5) is 2.45. The molecule has 18 heavy (non-hydrogen) atoms. The van der Waals surface area contributed by atoms with Crippen molar-refractivity contribution >= 4 is 5.69 Å². The van der Waals surface area contributed by atoms with E-state index in [0.717, 1.165) is 32.5 Å². The summed E-state index contributed by atoms with van der Waals surface area (Å²) < 4.78 is 0. The molecule has 100 valence electrons. The van der Waals surface area contributed by atoms with Crippen molar-refractivity contribution in [2.75, 3.05) is 31.1 Å². The molecule has 0 aliphatic carbocycles. The van der Waals surface area contributed by atoms with Gasteiger partial charge in [0.15, 0.2) is 0 Å². The van der Waals surface area contributed by atoms with E-state index in [4.69, 9.17) is 5.11 Å². The van der Waals surface area contributed by atoms with Crippen LogP contribution < -0.4 is 10.2 Å². The standard InChI is InChI=1S/C15H24N2O/c1-12-4-5-15(13(2)10-12)17-8-3-7-16-14(11-17)6-9-18/h4-5,10,14,16,18H,3,6-9,11H2,1-2H3. The van der Waals surface area contributed by atoms with Gasteiger partial charge in [0.05, 0.1) is 0 Å². The van der Waals surface area contributed by atoms with Crippen LogP contribution in [-0.2, 0) is 0 Å². The van der Waals surface area contributed by atoms with Gasteiger partial charge in [0.2, 0.25) is 0 Å². The lowest BCUT2D eigenvalue weighted by atomic mass is 10.1. The Kier molecular flexibility index (Phi) is 4.61. The molecule has 1 aliphatic rings. The number of nitrogens with one attached hydrogen (secondary N) is 1. The molecule has 1 fully saturated rings. The quantitative estimate of drug-likeness (QED) is 0.857. The summed E-state index contributed by atoms with van der Waals surface area (Å²) in [5.41, 5.74) is 4.00. The van der Waals surface area contributed by atoms with Crippen LogP contribution in [0.3, 0.4) is 0 Å². The maximum atomic E-state index is 9.10. The highest BCUT2D eigenvalue weighted by Gasteiger charge is 2.18. The van der Waals surface area contributed by atoms with Gasteiger partial charge < -0.3 is 15.3 Å². The summed E-state index contributed by atoms with van der Waals surface area (Å²) in [6, 6.07) is 7.06. The molecule has 0 amide bonds. The molecule has 1 atom stereocenters. The summed E-state index contributed by atoms with van der Waals surface area (Å²) >= 11 is 0. The predicted octanol–water partition coefficient (Wildman–Crippen LogP) is 1.85. The first-order chi connectivity index (χ1) is 8.70. The third-order valence-corrected chi connectivity index (χ3v) is 3.65. The largest absolute Gasteiger partial charge is 0.396 e. The molecular formula is C15H24N2O. The molecular weight excluding hydrogens is 224 g/mol. The van der Waals surface area contributed by atoms with Crippen LogP contribution in [0, 0.1) is 13.8 Å². The highest BCUT2D eigenvalue weighted by Crippen LogP contribution is 2.22. The van der Waals surface area contributed by atoms with Crippen LogP contribution in [0.4, 0.5) is 5.69 Å². The number of hydrogen-bond acceptors (Lipinski definition) is 3. The molecule has 1 aromatic rings. The smallest absolute Gasteiger partial charge is 0.0446 e. The molecule has 0 aromatic heterocycles. The summed E-state index contributed by atoms with van der Waals surface area (Å²) in [5, 5.41) is 12.6. The fourth-order valence-corrected chi connectivity index (χ4v) is 2.73. The van der Waals surface area contributed by atoms with Gasteiger partial charge >= 0.3 is 0 Å². The second-order valence-corrected chi connectivity index (χ2v) is 5.25. The monoisotopic (exact) mass is 248 g/mol. The van der Waals surface area contributed by atoms with Crippen LogP contribution in [0.1, 0.15) is 24.0 Å². The van der Waals surface area contributed by atoms with Crippen molar-refractivity contribution in [1.29, 1.82) is 0 Å². The van der Waals surface area contributed by atoms with Crippen molar-refractivity contribution < 1.29 is 5.11 Å². The number of anilines is 1. The molecule has 0 spiro atoms. The molecule has 3 nitrogen and oxygen atoms in total. The van der Waals surface area contributed by atoms with E-state index in [1.807, 2.05) is 0 Å². The number of aliphatic hydroxyl groups excluding tert-OH is 1. The lowest BCUT2D eigenvalue weighted by molar-refractivity contribution is 0.267. The molecule has 1 aromatic carbocycles. The van der Waals surface area contributed by atoms with Crippen LogP contribution in [0.2, 0.25) is 0 Å². The Labute approximate surface area is 110 Å². The van der Waals surface area contributed by atoms with E-state index in [0.29, 0.717) is 6.04 Å². The van der Waals surface area contributed by atoms with Gasteiger partial charge in [-0.1, -0.05) is 17.7 Å². The van der Waals surface area contributed by atoms with E-state index < -0.39 is 0 Å². The highest BCUT2D eigenvalue weighted by molar-refractivity contribution is 5.54. The molecule has 1 aliphatic heterocycles. The zero-order valence-corrected chi connectivity index (χ0v) is 11.4. The molecule has 1 heterocycles. The summed E-state index contributed by atoms with van der Waals surface area (Å²) in [5.74, 6) is 0. The second kappa shape index (κ2) is 6.21. The van der Waals surface area contributed by atoms with Crippen molar-refractivity contribution in [1.82, 2.24) is 5.32 Å². The van der Waals surface area contributed by atoms with Gasteiger partial charge in [0, 0.05) is 31.4 Å². The van der Waals surface area contributed by atoms with E-state index in [1.165, 1.54) is 16.8 Å². The summed E-state index contributed by atoms with van der Waals surface area (Å²) in [7, 11) is 0. The Morgan fingerprint density at radius 1 is 1.39 bits per heavy atom. The van der Waals surface area contributed by atoms with E-state index in [-0.39, 0.29) is 6.61 Å². The molecule has 1 saturated heterocycles. The van der Waals surface area contributed by atoms with Gasteiger partial charge in [-0.15, -0.1) is 0 Å². The Morgan fingerprint density at radius 3 is 2.94 bits per heavy atom. The van der Waals surface area contributed by atoms with Gasteiger partial charge in [0.1, 0.15) is 0 Å². The first kappa shape index (κ1) is 13.4. The second-order valence-electron chi connectivity index (χ2n) is 5.25. The van der Waals surface area contributed by atoms with Gasteiger partial charge in [0.25, 0.3) is 0 Å².